The molecule has 1 aromatic heterocycles. The third-order valence-electron chi connectivity index (χ3n) is 6.63. The number of nitrogens with one attached hydrogen (secondary N) is 1. The highest BCUT2D eigenvalue weighted by atomic mass is 16.2. The van der Waals surface area contributed by atoms with E-state index in [1.165, 1.54) is 15.7 Å². The average Bonchev–Trinajstić information content (AvgIpc) is 3.43. The number of anilines is 1. The summed E-state index contributed by atoms with van der Waals surface area (Å²) in [5.41, 5.74) is 13.8. The van der Waals surface area contributed by atoms with Gasteiger partial charge in [-0.05, 0) is 35.2 Å². The smallest absolute Gasteiger partial charge is 0.323 e. The predicted molar refractivity (Wildman–Crippen MR) is 136 cm³/mol. The highest BCUT2D eigenvalue weighted by Gasteiger charge is 2.38. The summed E-state index contributed by atoms with van der Waals surface area (Å²) in [7, 11) is 0. The zero-order valence-electron chi connectivity index (χ0n) is 19.2. The number of carbonyl (C=O) groups excluding carboxylic acids is 3. The number of amides is 3. The Morgan fingerprint density at radius 3 is 2.51 bits per heavy atom. The molecule has 0 bridgehead atoms. The van der Waals surface area contributed by atoms with Crippen LogP contribution < -0.4 is 16.8 Å². The number of hydrogen-bond donors (Lipinski definition) is 3. The molecule has 4 aromatic rings. The van der Waals surface area contributed by atoms with Gasteiger partial charge in [-0.25, -0.2) is 9.59 Å². The Morgan fingerprint density at radius 2 is 1.71 bits per heavy atom. The Labute approximate surface area is 202 Å². The van der Waals surface area contributed by atoms with Crippen LogP contribution in [0.5, 0.6) is 0 Å². The SMILES string of the molecule is NC(=O)n1cc(NC(=O)N2C[C@@H](N)C[C@H]2C(=O)CCc2ccc3ccccc3c2)c2ccccc21. The van der Waals surface area contributed by atoms with E-state index in [1.807, 2.05) is 24.3 Å². The molecule has 5 N–H and O–H groups in total. The minimum Gasteiger partial charge on any atom is -0.351 e. The number of ketones is 1. The van der Waals surface area contributed by atoms with Gasteiger partial charge in [-0.15, -0.1) is 0 Å². The van der Waals surface area contributed by atoms with Crippen LogP contribution >= 0.6 is 0 Å². The maximum absolute atomic E-state index is 13.2. The van der Waals surface area contributed by atoms with Gasteiger partial charge in [0, 0.05) is 30.6 Å². The summed E-state index contributed by atoms with van der Waals surface area (Å²) in [5.74, 6) is -0.0131. The molecule has 0 spiro atoms. The van der Waals surface area contributed by atoms with Crippen molar-refractivity contribution in [3.8, 4) is 0 Å². The molecule has 2 heterocycles. The van der Waals surface area contributed by atoms with Crippen LogP contribution in [-0.4, -0.2) is 45.9 Å². The first-order valence-corrected chi connectivity index (χ1v) is 11.6. The zero-order valence-corrected chi connectivity index (χ0v) is 19.2. The molecule has 0 saturated carbocycles. The summed E-state index contributed by atoms with van der Waals surface area (Å²) in [6.07, 6.45) is 2.84. The maximum Gasteiger partial charge on any atom is 0.323 e. The van der Waals surface area contributed by atoms with Crippen LogP contribution in [-0.2, 0) is 11.2 Å². The number of aryl methyl sites for hydroxylation is 1. The van der Waals surface area contributed by atoms with Crippen LogP contribution in [0.1, 0.15) is 18.4 Å². The molecule has 3 aromatic carbocycles. The van der Waals surface area contributed by atoms with Crippen molar-refractivity contribution in [3.63, 3.8) is 0 Å². The number of hydrogen-bond acceptors (Lipinski definition) is 4. The van der Waals surface area contributed by atoms with Gasteiger partial charge in [-0.1, -0.05) is 60.7 Å². The lowest BCUT2D eigenvalue weighted by Crippen LogP contribution is -2.43. The number of carbonyl (C=O) groups is 3. The minimum atomic E-state index is -0.647. The van der Waals surface area contributed by atoms with Gasteiger partial charge in [0.25, 0.3) is 0 Å². The van der Waals surface area contributed by atoms with Crippen LogP contribution in [0.25, 0.3) is 21.7 Å². The largest absolute Gasteiger partial charge is 0.351 e. The number of para-hydroxylation sites is 1. The molecule has 5 rings (SSSR count). The van der Waals surface area contributed by atoms with Crippen molar-refractivity contribution >= 4 is 45.2 Å². The fraction of sp³-hybridized carbons (Fsp3) is 0.222. The van der Waals surface area contributed by atoms with Crippen molar-refractivity contribution in [2.24, 2.45) is 11.5 Å². The first-order valence-electron chi connectivity index (χ1n) is 11.6. The van der Waals surface area contributed by atoms with Gasteiger partial charge in [0.15, 0.2) is 5.78 Å². The predicted octanol–water partition coefficient (Wildman–Crippen LogP) is 3.86. The van der Waals surface area contributed by atoms with Crippen molar-refractivity contribution in [2.45, 2.75) is 31.3 Å². The van der Waals surface area contributed by atoms with E-state index in [0.29, 0.717) is 35.9 Å². The molecule has 35 heavy (non-hydrogen) atoms. The van der Waals surface area contributed by atoms with Crippen molar-refractivity contribution in [2.75, 3.05) is 11.9 Å². The molecule has 1 saturated heterocycles. The number of likely N-dealkylation sites (tertiary alicyclic amines) is 1. The quantitative estimate of drug-likeness (QED) is 0.411. The van der Waals surface area contributed by atoms with Crippen LogP contribution in [0.2, 0.25) is 0 Å². The summed E-state index contributed by atoms with van der Waals surface area (Å²) in [6.45, 7) is 0.284. The fourth-order valence-corrected chi connectivity index (χ4v) is 4.88. The summed E-state index contributed by atoms with van der Waals surface area (Å²) >= 11 is 0. The number of urea groups is 1. The molecule has 2 atom stereocenters. The van der Waals surface area contributed by atoms with Gasteiger partial charge < -0.3 is 21.7 Å². The van der Waals surface area contributed by atoms with Crippen molar-refractivity contribution < 1.29 is 14.4 Å². The van der Waals surface area contributed by atoms with E-state index in [0.717, 1.165) is 16.3 Å². The lowest BCUT2D eigenvalue weighted by atomic mass is 9.99. The third-order valence-corrected chi connectivity index (χ3v) is 6.63. The van der Waals surface area contributed by atoms with Crippen molar-refractivity contribution in [3.05, 3.63) is 78.5 Å². The van der Waals surface area contributed by atoms with E-state index < -0.39 is 18.1 Å². The number of nitrogens with zero attached hydrogens (tertiary/aromatic N) is 2. The molecule has 0 aliphatic carbocycles. The Bertz CT molecular complexity index is 1440. The van der Waals surface area contributed by atoms with E-state index in [4.69, 9.17) is 11.5 Å². The van der Waals surface area contributed by atoms with E-state index in [-0.39, 0.29) is 18.4 Å². The number of fused-ring (bicyclic) bond motifs is 2. The number of Topliss-reactive ketones (excluding diaryl/α,β-unsaturated/α-hetero) is 1. The number of benzene rings is 3. The lowest BCUT2D eigenvalue weighted by molar-refractivity contribution is -0.122. The second-order valence-electron chi connectivity index (χ2n) is 9.01. The summed E-state index contributed by atoms with van der Waals surface area (Å²) in [5, 5.41) is 5.83. The Kier molecular flexibility index (Phi) is 5.96. The minimum absolute atomic E-state index is 0.0131. The topological polar surface area (TPSA) is 123 Å². The van der Waals surface area contributed by atoms with Crippen molar-refractivity contribution in [1.82, 2.24) is 9.47 Å². The van der Waals surface area contributed by atoms with Crippen molar-refractivity contribution in [1.29, 1.82) is 0 Å². The van der Waals surface area contributed by atoms with Gasteiger partial charge in [0.2, 0.25) is 0 Å². The van der Waals surface area contributed by atoms with Crippen LogP contribution in [0.3, 0.4) is 0 Å². The molecular formula is C27H27N5O3. The van der Waals surface area contributed by atoms with E-state index in [9.17, 15) is 14.4 Å². The molecule has 0 unspecified atom stereocenters. The van der Waals surface area contributed by atoms with Crippen LogP contribution in [0.15, 0.2) is 72.9 Å². The number of primary amides is 1. The molecule has 1 aliphatic rings. The monoisotopic (exact) mass is 469 g/mol. The van der Waals surface area contributed by atoms with E-state index >= 15 is 0 Å². The highest BCUT2D eigenvalue weighted by Crippen LogP contribution is 2.27. The summed E-state index contributed by atoms with van der Waals surface area (Å²) in [6, 6.07) is 19.5. The number of aromatic nitrogens is 1. The average molecular weight is 470 g/mol. The maximum atomic E-state index is 13.2. The first kappa shape index (κ1) is 22.6. The van der Waals surface area contributed by atoms with Gasteiger partial charge in [0.05, 0.1) is 17.2 Å². The molecule has 1 fully saturated rings. The summed E-state index contributed by atoms with van der Waals surface area (Å²) < 4.78 is 1.28. The fourth-order valence-electron chi connectivity index (χ4n) is 4.88. The normalized spacial score (nSPS) is 17.7. The zero-order chi connectivity index (χ0) is 24.5. The third kappa shape index (κ3) is 4.48. The van der Waals surface area contributed by atoms with Gasteiger partial charge in [-0.2, -0.15) is 0 Å². The second-order valence-corrected chi connectivity index (χ2v) is 9.01. The van der Waals surface area contributed by atoms with Crippen LogP contribution in [0.4, 0.5) is 15.3 Å². The number of rotatable bonds is 5. The van der Waals surface area contributed by atoms with E-state index in [1.54, 1.807) is 18.2 Å². The number of nitrogens with two attached hydrogens (primary N) is 2. The Hall–Kier alpha value is -4.17. The Morgan fingerprint density at radius 1 is 0.971 bits per heavy atom. The second kappa shape index (κ2) is 9.23. The van der Waals surface area contributed by atoms with Gasteiger partial charge in [-0.3, -0.25) is 9.36 Å². The van der Waals surface area contributed by atoms with Crippen LogP contribution in [0, 0.1) is 0 Å². The first-order chi connectivity index (χ1) is 16.9. The van der Waals surface area contributed by atoms with E-state index in [2.05, 4.69) is 29.6 Å². The standard InChI is InChI=1S/C27H27N5O3/c28-20-14-24(25(33)12-10-17-9-11-18-5-1-2-6-19(18)13-17)32(15-20)27(35)30-22-16-31(26(29)34)23-8-4-3-7-21(22)23/h1-9,11,13,16,20,24H,10,12,14-15,28H2,(H2,29,34)(H,30,35)/t20-,24-/m0/s1. The molecular weight excluding hydrogens is 442 g/mol. The van der Waals surface area contributed by atoms with Gasteiger partial charge >= 0.3 is 12.1 Å². The summed E-state index contributed by atoms with van der Waals surface area (Å²) in [4.78, 5) is 39.7. The molecule has 178 valence electrons. The molecule has 3 amide bonds. The molecule has 0 radical (unpaired) electrons. The lowest BCUT2D eigenvalue weighted by Gasteiger charge is -2.23. The van der Waals surface area contributed by atoms with Gasteiger partial charge in [0.1, 0.15) is 0 Å². The Balaban J connectivity index is 1.30. The molecule has 8 nitrogen and oxygen atoms in total. The molecule has 8 heteroatoms. The molecule has 1 aliphatic heterocycles. The highest BCUT2D eigenvalue weighted by molar-refractivity contribution is 6.05.